The van der Waals surface area contributed by atoms with Crippen molar-refractivity contribution in [2.45, 2.75) is 25.2 Å². The lowest BCUT2D eigenvalue weighted by molar-refractivity contribution is 0.0525. The zero-order valence-corrected chi connectivity index (χ0v) is 15.4. The molecule has 0 unspecified atom stereocenters. The zero-order chi connectivity index (χ0) is 18.6. The van der Waals surface area contributed by atoms with Crippen molar-refractivity contribution in [3.8, 4) is 0 Å². The molecule has 138 valence electrons. The first-order chi connectivity index (χ1) is 13.2. The Labute approximate surface area is 161 Å². The van der Waals surface area contributed by atoms with Gasteiger partial charge in [-0.1, -0.05) is 30.3 Å². The molecule has 1 fully saturated rings. The molecule has 0 radical (unpaired) electrons. The lowest BCUT2D eigenvalue weighted by atomic mass is 10.1. The number of carbonyl (C=O) groups is 1. The molecular weight excluding hydrogens is 363 g/mol. The minimum atomic E-state index is -0.359. The number of nitrogens with zero attached hydrogens (tertiary/aromatic N) is 1. The molecule has 1 N–H and O–H groups in total. The molecule has 0 amide bonds. The fourth-order valence-electron chi connectivity index (χ4n) is 3.11. The van der Waals surface area contributed by atoms with Crippen LogP contribution in [0.3, 0.4) is 0 Å². The van der Waals surface area contributed by atoms with Gasteiger partial charge in [0.1, 0.15) is 16.5 Å². The third-order valence-corrected chi connectivity index (χ3v) is 5.54. The number of hydrogen-bond acceptors (Lipinski definition) is 5. The number of ether oxygens (including phenoxy) is 1. The van der Waals surface area contributed by atoms with Gasteiger partial charge in [-0.05, 0) is 36.2 Å². The van der Waals surface area contributed by atoms with Gasteiger partial charge in [0, 0.05) is 17.5 Å². The van der Waals surface area contributed by atoms with Crippen LogP contribution in [0.2, 0.25) is 0 Å². The number of aromatic nitrogens is 1. The van der Waals surface area contributed by atoms with Crippen molar-refractivity contribution in [1.29, 1.82) is 0 Å². The van der Waals surface area contributed by atoms with Gasteiger partial charge in [0.15, 0.2) is 0 Å². The number of ketones is 1. The Hall–Kier alpha value is -2.41. The second-order valence-corrected chi connectivity index (χ2v) is 7.41. The smallest absolute Gasteiger partial charge is 0.212 e. The number of benzene rings is 2. The van der Waals surface area contributed by atoms with E-state index in [0.717, 1.165) is 23.5 Å². The lowest BCUT2D eigenvalue weighted by Crippen LogP contribution is -2.17. The van der Waals surface area contributed by atoms with Crippen molar-refractivity contribution in [3.05, 3.63) is 87.6 Å². The van der Waals surface area contributed by atoms with E-state index in [4.69, 9.17) is 4.74 Å². The fourth-order valence-corrected chi connectivity index (χ4v) is 3.99. The van der Waals surface area contributed by atoms with Crippen molar-refractivity contribution in [2.75, 3.05) is 6.54 Å². The second-order valence-electron chi connectivity index (χ2n) is 6.52. The van der Waals surface area contributed by atoms with E-state index >= 15 is 0 Å². The Morgan fingerprint density at radius 1 is 1.19 bits per heavy atom. The highest BCUT2D eigenvalue weighted by Gasteiger charge is 2.28. The van der Waals surface area contributed by atoms with Gasteiger partial charge in [0.05, 0.1) is 18.8 Å². The number of thiazole rings is 1. The van der Waals surface area contributed by atoms with E-state index in [9.17, 15) is 9.18 Å². The number of halogens is 1. The van der Waals surface area contributed by atoms with Crippen LogP contribution >= 0.6 is 11.3 Å². The molecule has 1 aliphatic heterocycles. The molecule has 4 nitrogen and oxygen atoms in total. The van der Waals surface area contributed by atoms with Gasteiger partial charge in [-0.2, -0.15) is 0 Å². The third kappa shape index (κ3) is 4.30. The summed E-state index contributed by atoms with van der Waals surface area (Å²) in [6, 6.07) is 15.7. The van der Waals surface area contributed by atoms with E-state index in [1.54, 1.807) is 5.38 Å². The summed E-state index contributed by atoms with van der Waals surface area (Å²) in [5.74, 6) is -0.547. The average Bonchev–Trinajstić information content (AvgIpc) is 3.37. The molecule has 0 aliphatic carbocycles. The summed E-state index contributed by atoms with van der Waals surface area (Å²) in [5.41, 5.74) is 2.00. The Bertz CT molecular complexity index is 911. The number of rotatable bonds is 6. The maximum atomic E-state index is 13.0. The van der Waals surface area contributed by atoms with Gasteiger partial charge in [0.2, 0.25) is 5.78 Å². The van der Waals surface area contributed by atoms with E-state index < -0.39 is 0 Å². The van der Waals surface area contributed by atoms with Gasteiger partial charge in [-0.25, -0.2) is 9.37 Å². The van der Waals surface area contributed by atoms with Crippen LogP contribution in [0.25, 0.3) is 0 Å². The van der Waals surface area contributed by atoms with Crippen LogP contribution in [0.5, 0.6) is 0 Å². The highest BCUT2D eigenvalue weighted by molar-refractivity contribution is 7.10. The van der Waals surface area contributed by atoms with Gasteiger partial charge < -0.3 is 10.1 Å². The third-order valence-electron chi connectivity index (χ3n) is 4.58. The van der Waals surface area contributed by atoms with Crippen LogP contribution in [0.15, 0.2) is 60.0 Å². The van der Waals surface area contributed by atoms with Crippen molar-refractivity contribution >= 4 is 17.1 Å². The standard InChI is InChI=1S/C21H19FN2O2S/c22-16-8-6-15(7-9-16)20(25)19-13-27-21(24-19)18-10-17(11-23-18)26-12-14-4-2-1-3-5-14/h1-9,13,17-18,23H,10-12H2/t17-,18-/m0/s1. The largest absolute Gasteiger partial charge is 0.372 e. The molecule has 0 spiro atoms. The SMILES string of the molecule is O=C(c1ccc(F)cc1)c1csc([C@@H]2C[C@H](OCc3ccccc3)CN2)n1. The topological polar surface area (TPSA) is 51.2 Å². The summed E-state index contributed by atoms with van der Waals surface area (Å²) < 4.78 is 19.0. The molecular formula is C21H19FN2O2S. The molecule has 2 atom stereocenters. The van der Waals surface area contributed by atoms with E-state index in [2.05, 4.69) is 10.3 Å². The quantitative estimate of drug-likeness (QED) is 0.651. The first kappa shape index (κ1) is 18.0. The number of nitrogens with one attached hydrogen (secondary N) is 1. The Morgan fingerprint density at radius 3 is 2.74 bits per heavy atom. The van der Waals surface area contributed by atoms with Gasteiger partial charge in [0.25, 0.3) is 0 Å². The minimum Gasteiger partial charge on any atom is -0.372 e. The van der Waals surface area contributed by atoms with Crippen LogP contribution < -0.4 is 5.32 Å². The highest BCUT2D eigenvalue weighted by Crippen LogP contribution is 2.28. The monoisotopic (exact) mass is 382 g/mol. The molecule has 4 rings (SSSR count). The van der Waals surface area contributed by atoms with Gasteiger partial charge in [-0.3, -0.25) is 4.79 Å². The molecule has 27 heavy (non-hydrogen) atoms. The lowest BCUT2D eigenvalue weighted by Gasteiger charge is -2.10. The Kier molecular flexibility index (Phi) is 5.38. The van der Waals surface area contributed by atoms with E-state index in [-0.39, 0.29) is 23.7 Å². The predicted molar refractivity (Wildman–Crippen MR) is 102 cm³/mol. The second kappa shape index (κ2) is 8.08. The molecule has 6 heteroatoms. The van der Waals surface area contributed by atoms with Crippen molar-refractivity contribution in [1.82, 2.24) is 10.3 Å². The molecule has 3 aromatic rings. The normalized spacial score (nSPS) is 19.3. The maximum absolute atomic E-state index is 13.0. The maximum Gasteiger partial charge on any atom is 0.212 e. The summed E-state index contributed by atoms with van der Waals surface area (Å²) in [6.45, 7) is 1.35. The first-order valence-electron chi connectivity index (χ1n) is 8.83. The van der Waals surface area contributed by atoms with E-state index in [0.29, 0.717) is 17.9 Å². The van der Waals surface area contributed by atoms with Crippen molar-refractivity contribution in [3.63, 3.8) is 0 Å². The Morgan fingerprint density at radius 2 is 1.96 bits per heavy atom. The van der Waals surface area contributed by atoms with E-state index in [1.165, 1.54) is 35.6 Å². The van der Waals surface area contributed by atoms with Gasteiger partial charge in [-0.15, -0.1) is 11.3 Å². The summed E-state index contributed by atoms with van der Waals surface area (Å²) in [4.78, 5) is 17.0. The molecule has 0 bridgehead atoms. The summed E-state index contributed by atoms with van der Waals surface area (Å²) in [7, 11) is 0. The summed E-state index contributed by atoms with van der Waals surface area (Å²) >= 11 is 1.47. The predicted octanol–water partition coefficient (Wildman–Crippen LogP) is 4.13. The Balaban J connectivity index is 1.36. The number of carbonyl (C=O) groups excluding carboxylic acids is 1. The summed E-state index contributed by atoms with van der Waals surface area (Å²) in [5, 5.41) is 6.07. The molecule has 2 aromatic carbocycles. The first-order valence-corrected chi connectivity index (χ1v) is 9.71. The molecule has 1 aliphatic rings. The average molecular weight is 382 g/mol. The van der Waals surface area contributed by atoms with Crippen molar-refractivity contribution < 1.29 is 13.9 Å². The fraction of sp³-hybridized carbons (Fsp3) is 0.238. The van der Waals surface area contributed by atoms with E-state index in [1.807, 2.05) is 30.3 Å². The summed E-state index contributed by atoms with van der Waals surface area (Å²) in [6.07, 6.45) is 0.945. The number of hydrogen-bond donors (Lipinski definition) is 1. The zero-order valence-electron chi connectivity index (χ0n) is 14.6. The molecule has 2 heterocycles. The molecule has 0 saturated carbocycles. The van der Waals surface area contributed by atoms with Crippen LogP contribution in [0.4, 0.5) is 4.39 Å². The van der Waals surface area contributed by atoms with Crippen LogP contribution in [0.1, 0.15) is 39.1 Å². The van der Waals surface area contributed by atoms with Crippen LogP contribution in [0, 0.1) is 5.82 Å². The van der Waals surface area contributed by atoms with Crippen molar-refractivity contribution in [2.24, 2.45) is 0 Å². The van der Waals surface area contributed by atoms with Gasteiger partial charge >= 0.3 is 0 Å². The molecule has 1 aromatic heterocycles. The molecule has 1 saturated heterocycles. The van der Waals surface area contributed by atoms with Crippen LogP contribution in [-0.4, -0.2) is 23.4 Å². The van der Waals surface area contributed by atoms with Crippen LogP contribution in [-0.2, 0) is 11.3 Å². The minimum absolute atomic E-state index is 0.0885. The highest BCUT2D eigenvalue weighted by atomic mass is 32.1.